The van der Waals surface area contributed by atoms with Gasteiger partial charge in [0.2, 0.25) is 5.91 Å². The van der Waals surface area contributed by atoms with Crippen LogP contribution in [0.2, 0.25) is 0 Å². The quantitative estimate of drug-likeness (QED) is 0.617. The first-order valence-corrected chi connectivity index (χ1v) is 10.7. The van der Waals surface area contributed by atoms with Crippen molar-refractivity contribution in [3.63, 3.8) is 0 Å². The number of nitrogens with one attached hydrogen (secondary N) is 3. The highest BCUT2D eigenvalue weighted by Gasteiger charge is 2.49. The highest BCUT2D eigenvalue weighted by molar-refractivity contribution is 6.10. The van der Waals surface area contributed by atoms with E-state index >= 15 is 0 Å². The third-order valence-electron chi connectivity index (χ3n) is 6.01. The summed E-state index contributed by atoms with van der Waals surface area (Å²) in [4.78, 5) is 51.0. The minimum atomic E-state index is -1.30. The number of carbonyl (C=O) groups excluding carboxylic acids is 4. The predicted octanol–water partition coefficient (Wildman–Crippen LogP) is 3.72. The van der Waals surface area contributed by atoms with Crippen molar-refractivity contribution in [3.05, 3.63) is 64.7 Å². The van der Waals surface area contributed by atoms with Crippen LogP contribution in [0, 0.1) is 13.8 Å². The maximum absolute atomic E-state index is 13.1. The number of anilines is 1. The number of carbonyl (C=O) groups is 4. The molecule has 0 saturated carbocycles. The van der Waals surface area contributed by atoms with E-state index in [-0.39, 0.29) is 5.41 Å². The van der Waals surface area contributed by atoms with E-state index in [9.17, 15) is 19.2 Å². The van der Waals surface area contributed by atoms with Gasteiger partial charge < -0.3 is 10.6 Å². The van der Waals surface area contributed by atoms with Gasteiger partial charge >= 0.3 is 12.1 Å². The topological polar surface area (TPSA) is 108 Å². The van der Waals surface area contributed by atoms with Crippen LogP contribution in [0.25, 0.3) is 0 Å². The van der Waals surface area contributed by atoms with E-state index in [0.717, 1.165) is 21.6 Å². The monoisotopic (exact) mass is 450 g/mol. The fraction of sp³-hybridized carbons (Fsp3) is 0.360. The van der Waals surface area contributed by atoms with Crippen LogP contribution in [0.5, 0.6) is 0 Å². The second-order valence-corrected chi connectivity index (χ2v) is 9.52. The number of benzene rings is 2. The second-order valence-electron chi connectivity index (χ2n) is 9.52. The summed E-state index contributed by atoms with van der Waals surface area (Å²) in [5.74, 6) is -1.32. The zero-order valence-electron chi connectivity index (χ0n) is 19.8. The van der Waals surface area contributed by atoms with Crippen LogP contribution in [0.15, 0.2) is 42.5 Å². The number of amides is 6. The van der Waals surface area contributed by atoms with Gasteiger partial charge in [0.25, 0.3) is 5.91 Å². The van der Waals surface area contributed by atoms with Gasteiger partial charge in [-0.3, -0.25) is 19.8 Å². The molecule has 2 aromatic rings. The molecule has 6 amide bonds. The van der Waals surface area contributed by atoms with E-state index in [1.54, 1.807) is 31.2 Å². The van der Waals surface area contributed by atoms with E-state index in [4.69, 9.17) is 0 Å². The van der Waals surface area contributed by atoms with Crippen molar-refractivity contribution >= 4 is 29.6 Å². The van der Waals surface area contributed by atoms with E-state index in [2.05, 4.69) is 36.7 Å². The molecule has 0 radical (unpaired) electrons. The Morgan fingerprint density at radius 3 is 2.27 bits per heavy atom. The summed E-state index contributed by atoms with van der Waals surface area (Å²) in [6.07, 6.45) is 0. The van der Waals surface area contributed by atoms with Crippen LogP contribution in [0.1, 0.15) is 49.9 Å². The molecule has 0 aliphatic carbocycles. The zero-order chi connectivity index (χ0) is 24.6. The highest BCUT2D eigenvalue weighted by atomic mass is 16.2. The standard InChI is InChI=1S/C25H30N4O4/c1-15-8-7-9-19(16(15)2)26-22(32)27-20(30)14-29-21(31)25(6,28-23(29)33)18-12-10-17(11-13-18)24(3,4)5/h7-13H,14H2,1-6H3,(H,28,33)(H2,26,27,30,32). The van der Waals surface area contributed by atoms with Gasteiger partial charge in [-0.05, 0) is 54.5 Å². The number of aryl methyl sites for hydroxylation is 1. The van der Waals surface area contributed by atoms with Crippen LogP contribution in [0.4, 0.5) is 15.3 Å². The Morgan fingerprint density at radius 1 is 1.03 bits per heavy atom. The molecule has 174 valence electrons. The lowest BCUT2D eigenvalue weighted by Gasteiger charge is -2.24. The average molecular weight is 451 g/mol. The molecule has 0 aromatic heterocycles. The maximum atomic E-state index is 13.1. The maximum Gasteiger partial charge on any atom is 0.325 e. The normalized spacial score (nSPS) is 18.2. The Bertz CT molecular complexity index is 1120. The minimum absolute atomic E-state index is 0.0515. The number of hydrogen-bond donors (Lipinski definition) is 3. The van der Waals surface area contributed by atoms with Gasteiger partial charge in [-0.15, -0.1) is 0 Å². The SMILES string of the molecule is Cc1cccc(NC(=O)NC(=O)CN2C(=O)NC(C)(c3ccc(C(C)(C)C)cc3)C2=O)c1C. The molecular weight excluding hydrogens is 420 g/mol. The van der Waals surface area contributed by atoms with E-state index in [0.29, 0.717) is 11.3 Å². The summed E-state index contributed by atoms with van der Waals surface area (Å²) < 4.78 is 0. The fourth-order valence-corrected chi connectivity index (χ4v) is 3.69. The summed E-state index contributed by atoms with van der Waals surface area (Å²) in [5, 5.41) is 7.46. The van der Waals surface area contributed by atoms with Crippen molar-refractivity contribution in [1.29, 1.82) is 0 Å². The molecule has 0 bridgehead atoms. The minimum Gasteiger partial charge on any atom is -0.319 e. The van der Waals surface area contributed by atoms with E-state index in [1.165, 1.54) is 0 Å². The first kappa shape index (κ1) is 24.0. The van der Waals surface area contributed by atoms with Crippen molar-refractivity contribution in [2.75, 3.05) is 11.9 Å². The highest BCUT2D eigenvalue weighted by Crippen LogP contribution is 2.31. The van der Waals surface area contributed by atoms with Crippen LogP contribution in [0.3, 0.4) is 0 Å². The van der Waals surface area contributed by atoms with Gasteiger partial charge in [0, 0.05) is 5.69 Å². The van der Waals surface area contributed by atoms with Crippen LogP contribution in [-0.2, 0) is 20.5 Å². The first-order valence-electron chi connectivity index (χ1n) is 10.7. The van der Waals surface area contributed by atoms with Crippen molar-refractivity contribution in [1.82, 2.24) is 15.5 Å². The summed E-state index contributed by atoms with van der Waals surface area (Å²) >= 11 is 0. The van der Waals surface area contributed by atoms with Crippen molar-refractivity contribution in [3.8, 4) is 0 Å². The number of urea groups is 2. The lowest BCUT2D eigenvalue weighted by Crippen LogP contribution is -2.45. The van der Waals surface area contributed by atoms with E-state index in [1.807, 2.05) is 32.0 Å². The Labute approximate surface area is 193 Å². The molecule has 33 heavy (non-hydrogen) atoms. The molecule has 2 aromatic carbocycles. The summed E-state index contributed by atoms with van der Waals surface area (Å²) in [6, 6.07) is 11.5. The average Bonchev–Trinajstić information content (AvgIpc) is 2.94. The van der Waals surface area contributed by atoms with Crippen molar-refractivity contribution < 1.29 is 19.2 Å². The van der Waals surface area contributed by atoms with Gasteiger partial charge in [0.15, 0.2) is 0 Å². The van der Waals surface area contributed by atoms with Gasteiger partial charge in [-0.25, -0.2) is 9.59 Å². The first-order chi connectivity index (χ1) is 15.3. The predicted molar refractivity (Wildman–Crippen MR) is 126 cm³/mol. The molecule has 3 rings (SSSR count). The van der Waals surface area contributed by atoms with Crippen LogP contribution >= 0.6 is 0 Å². The lowest BCUT2D eigenvalue weighted by molar-refractivity contribution is -0.134. The lowest BCUT2D eigenvalue weighted by atomic mass is 9.84. The Hall–Kier alpha value is -3.68. The van der Waals surface area contributed by atoms with Crippen LogP contribution < -0.4 is 16.0 Å². The molecule has 1 fully saturated rings. The molecule has 1 atom stereocenters. The van der Waals surface area contributed by atoms with E-state index < -0.39 is 36.0 Å². The van der Waals surface area contributed by atoms with Crippen LogP contribution in [-0.4, -0.2) is 35.3 Å². The Kier molecular flexibility index (Phi) is 6.31. The Balaban J connectivity index is 1.67. The molecular formula is C25H30N4O4. The molecule has 1 aliphatic heterocycles. The van der Waals surface area contributed by atoms with Crippen molar-refractivity contribution in [2.45, 2.75) is 52.5 Å². The molecule has 8 heteroatoms. The van der Waals surface area contributed by atoms with Gasteiger partial charge in [-0.1, -0.05) is 57.2 Å². The Morgan fingerprint density at radius 2 is 1.67 bits per heavy atom. The molecule has 0 spiro atoms. The second kappa shape index (κ2) is 8.69. The smallest absolute Gasteiger partial charge is 0.319 e. The number of imide groups is 2. The molecule has 3 N–H and O–H groups in total. The largest absolute Gasteiger partial charge is 0.325 e. The molecule has 1 saturated heterocycles. The summed E-state index contributed by atoms with van der Waals surface area (Å²) in [6.45, 7) is 11.1. The molecule has 1 heterocycles. The van der Waals surface area contributed by atoms with Gasteiger partial charge in [0.1, 0.15) is 12.1 Å². The number of rotatable bonds is 4. The third-order valence-corrected chi connectivity index (χ3v) is 6.01. The summed E-state index contributed by atoms with van der Waals surface area (Å²) in [5.41, 5.74) is 2.80. The summed E-state index contributed by atoms with van der Waals surface area (Å²) in [7, 11) is 0. The van der Waals surface area contributed by atoms with Crippen molar-refractivity contribution in [2.24, 2.45) is 0 Å². The molecule has 1 aliphatic rings. The number of hydrogen-bond acceptors (Lipinski definition) is 4. The van der Waals surface area contributed by atoms with Gasteiger partial charge in [-0.2, -0.15) is 0 Å². The zero-order valence-corrected chi connectivity index (χ0v) is 19.8. The fourth-order valence-electron chi connectivity index (χ4n) is 3.69. The third kappa shape index (κ3) is 4.89. The molecule has 8 nitrogen and oxygen atoms in total. The van der Waals surface area contributed by atoms with Gasteiger partial charge in [0.05, 0.1) is 0 Å². The molecule has 1 unspecified atom stereocenters. The number of nitrogens with zero attached hydrogens (tertiary/aromatic N) is 1.